The smallest absolute Gasteiger partial charge is 0.0510 e. The van der Waals surface area contributed by atoms with Crippen LogP contribution in [0.25, 0.3) is 0 Å². The quantitative estimate of drug-likeness (QED) is 0.705. The summed E-state index contributed by atoms with van der Waals surface area (Å²) in [6.07, 6.45) is 2.87. The average molecular weight is 205 g/mol. The van der Waals surface area contributed by atoms with Gasteiger partial charge in [-0.05, 0) is 13.0 Å². The maximum absolute atomic E-state index is 11.1. The van der Waals surface area contributed by atoms with Crippen LogP contribution in [0.3, 0.4) is 0 Å². The molecule has 1 aliphatic rings. The van der Waals surface area contributed by atoms with E-state index in [9.17, 15) is 4.21 Å². The Morgan fingerprint density at radius 1 is 1.69 bits per heavy atom. The van der Waals surface area contributed by atoms with Gasteiger partial charge < -0.3 is 10.1 Å². The first-order chi connectivity index (χ1) is 6.24. The molecule has 0 aromatic rings. The molecule has 1 N–H and O–H groups in total. The Bertz CT molecular complexity index is 169. The minimum Gasteiger partial charge on any atom is -0.381 e. The molecule has 1 heterocycles. The summed E-state index contributed by atoms with van der Waals surface area (Å²) < 4.78 is 16.4. The Hall–Kier alpha value is 0.0700. The molecule has 3 nitrogen and oxygen atoms in total. The van der Waals surface area contributed by atoms with E-state index in [-0.39, 0.29) is 0 Å². The molecule has 1 aliphatic heterocycles. The number of ether oxygens (including phenoxy) is 1. The average Bonchev–Trinajstić information content (AvgIpc) is 2.54. The fraction of sp³-hybridized carbons (Fsp3) is 1.00. The summed E-state index contributed by atoms with van der Waals surface area (Å²) in [4.78, 5) is 0. The summed E-state index contributed by atoms with van der Waals surface area (Å²) in [5.41, 5.74) is 0. The Balaban J connectivity index is 2.39. The summed E-state index contributed by atoms with van der Waals surface area (Å²) in [5.74, 6) is 1.31. The highest BCUT2D eigenvalue weighted by molar-refractivity contribution is 7.84. The van der Waals surface area contributed by atoms with Gasteiger partial charge in [0.15, 0.2) is 0 Å². The molecular formula is C9H19NO2S. The lowest BCUT2D eigenvalue weighted by atomic mass is 10.0. The number of hydrogen-bond acceptors (Lipinski definition) is 3. The molecule has 0 amide bonds. The third-order valence-corrected chi connectivity index (χ3v) is 3.24. The van der Waals surface area contributed by atoms with Gasteiger partial charge in [0.25, 0.3) is 0 Å². The fourth-order valence-corrected chi connectivity index (χ4v) is 2.64. The Kier molecular flexibility index (Phi) is 4.91. The Morgan fingerprint density at radius 2 is 2.46 bits per heavy atom. The van der Waals surface area contributed by atoms with Gasteiger partial charge in [-0.2, -0.15) is 0 Å². The molecule has 0 aromatic carbocycles. The summed E-state index contributed by atoms with van der Waals surface area (Å²) >= 11 is 0. The van der Waals surface area contributed by atoms with E-state index in [1.807, 2.05) is 0 Å². The van der Waals surface area contributed by atoms with Crippen LogP contribution in [0.5, 0.6) is 0 Å². The lowest BCUT2D eigenvalue weighted by Crippen LogP contribution is -2.40. The third-order valence-electron chi connectivity index (χ3n) is 2.41. The van der Waals surface area contributed by atoms with Crippen LogP contribution in [-0.2, 0) is 15.5 Å². The van der Waals surface area contributed by atoms with Crippen molar-refractivity contribution in [3.05, 3.63) is 0 Å². The lowest BCUT2D eigenvalue weighted by Gasteiger charge is -2.21. The summed E-state index contributed by atoms with van der Waals surface area (Å²) in [6, 6.07) is 0.373. The van der Waals surface area contributed by atoms with Crippen molar-refractivity contribution in [2.75, 3.05) is 31.8 Å². The fourth-order valence-electron chi connectivity index (χ4n) is 1.75. The van der Waals surface area contributed by atoms with E-state index in [1.54, 1.807) is 6.26 Å². The molecule has 4 heteroatoms. The number of nitrogens with one attached hydrogen (secondary N) is 1. The maximum atomic E-state index is 11.1. The van der Waals surface area contributed by atoms with Gasteiger partial charge in [-0.3, -0.25) is 4.21 Å². The highest BCUT2D eigenvalue weighted by atomic mass is 32.2. The second-order valence-corrected chi connectivity index (χ2v) is 5.01. The molecule has 13 heavy (non-hydrogen) atoms. The molecule has 0 spiro atoms. The van der Waals surface area contributed by atoms with Crippen molar-refractivity contribution in [3.63, 3.8) is 0 Å². The zero-order valence-corrected chi connectivity index (χ0v) is 9.23. The first-order valence-corrected chi connectivity index (χ1v) is 6.58. The highest BCUT2D eigenvalue weighted by Gasteiger charge is 2.25. The summed E-state index contributed by atoms with van der Waals surface area (Å²) in [7, 11) is -0.711. The zero-order chi connectivity index (χ0) is 9.68. The first-order valence-electron chi connectivity index (χ1n) is 4.85. The van der Waals surface area contributed by atoms with Crippen LogP contribution >= 0.6 is 0 Å². The lowest BCUT2D eigenvalue weighted by molar-refractivity contribution is 0.179. The monoisotopic (exact) mass is 205 g/mol. The van der Waals surface area contributed by atoms with Gasteiger partial charge in [-0.25, -0.2) is 0 Å². The van der Waals surface area contributed by atoms with E-state index in [1.165, 1.54) is 0 Å². The highest BCUT2D eigenvalue weighted by Crippen LogP contribution is 2.17. The molecule has 0 radical (unpaired) electrons. The molecule has 0 bridgehead atoms. The van der Waals surface area contributed by atoms with Crippen LogP contribution < -0.4 is 5.32 Å². The molecule has 3 atom stereocenters. The molecule has 1 rings (SSSR count). The number of hydrogen-bond donors (Lipinski definition) is 1. The van der Waals surface area contributed by atoms with Crippen molar-refractivity contribution >= 4 is 10.8 Å². The molecular weight excluding hydrogens is 186 g/mol. The molecule has 1 fully saturated rings. The molecule has 0 saturated carbocycles. The van der Waals surface area contributed by atoms with Crippen molar-refractivity contribution in [3.8, 4) is 0 Å². The molecule has 0 aliphatic carbocycles. The molecule has 0 aromatic heterocycles. The summed E-state index contributed by atoms with van der Waals surface area (Å²) in [6.45, 7) is 4.72. The van der Waals surface area contributed by atoms with E-state index >= 15 is 0 Å². The zero-order valence-electron chi connectivity index (χ0n) is 8.41. The minimum atomic E-state index is -0.711. The van der Waals surface area contributed by atoms with Crippen LogP contribution in [0.4, 0.5) is 0 Å². The largest absolute Gasteiger partial charge is 0.381 e. The van der Waals surface area contributed by atoms with Crippen LogP contribution in [0, 0.1) is 5.92 Å². The van der Waals surface area contributed by atoms with Gasteiger partial charge >= 0.3 is 0 Å². The van der Waals surface area contributed by atoms with E-state index in [0.717, 1.165) is 31.9 Å². The second kappa shape index (κ2) is 5.73. The predicted octanol–water partition coefficient (Wildman–Crippen LogP) is 0.379. The van der Waals surface area contributed by atoms with Gasteiger partial charge in [-0.15, -0.1) is 0 Å². The summed E-state index contributed by atoms with van der Waals surface area (Å²) in [5, 5.41) is 3.38. The van der Waals surface area contributed by atoms with Crippen molar-refractivity contribution in [1.82, 2.24) is 5.32 Å². The van der Waals surface area contributed by atoms with Gasteiger partial charge in [0.1, 0.15) is 0 Å². The normalized spacial score (nSPS) is 27.4. The SMILES string of the molecule is CCNC(CS(C)=O)C1CCOC1. The van der Waals surface area contributed by atoms with E-state index in [4.69, 9.17) is 4.74 Å². The third kappa shape index (κ3) is 3.75. The van der Waals surface area contributed by atoms with E-state index in [0.29, 0.717) is 12.0 Å². The van der Waals surface area contributed by atoms with Gasteiger partial charge in [0.05, 0.1) is 6.61 Å². The van der Waals surface area contributed by atoms with E-state index < -0.39 is 10.8 Å². The van der Waals surface area contributed by atoms with Crippen molar-refractivity contribution in [2.45, 2.75) is 19.4 Å². The molecule has 1 saturated heterocycles. The van der Waals surface area contributed by atoms with Gasteiger partial charge in [-0.1, -0.05) is 6.92 Å². The van der Waals surface area contributed by atoms with Crippen LogP contribution in [0.2, 0.25) is 0 Å². The van der Waals surface area contributed by atoms with Crippen molar-refractivity contribution in [2.24, 2.45) is 5.92 Å². The van der Waals surface area contributed by atoms with Gasteiger partial charge in [0, 0.05) is 41.4 Å². The van der Waals surface area contributed by atoms with Crippen LogP contribution in [0.15, 0.2) is 0 Å². The van der Waals surface area contributed by atoms with E-state index in [2.05, 4.69) is 12.2 Å². The molecule has 3 unspecified atom stereocenters. The van der Waals surface area contributed by atoms with Gasteiger partial charge in [0.2, 0.25) is 0 Å². The number of rotatable bonds is 5. The Labute approximate surface area is 82.7 Å². The first kappa shape index (κ1) is 11.1. The Morgan fingerprint density at radius 3 is 2.92 bits per heavy atom. The predicted molar refractivity (Wildman–Crippen MR) is 55.3 cm³/mol. The standard InChI is InChI=1S/C9H19NO2S/c1-3-10-9(7-13(2)11)8-4-5-12-6-8/h8-10H,3-7H2,1-2H3. The van der Waals surface area contributed by atoms with Crippen molar-refractivity contribution in [1.29, 1.82) is 0 Å². The minimum absolute atomic E-state index is 0.373. The van der Waals surface area contributed by atoms with Crippen LogP contribution in [0.1, 0.15) is 13.3 Å². The maximum Gasteiger partial charge on any atom is 0.0510 e. The van der Waals surface area contributed by atoms with Crippen LogP contribution in [-0.4, -0.2) is 42.0 Å². The van der Waals surface area contributed by atoms with Crippen molar-refractivity contribution < 1.29 is 8.95 Å². The second-order valence-electron chi connectivity index (χ2n) is 3.53. The topological polar surface area (TPSA) is 38.3 Å². The molecule has 78 valence electrons.